The molecular weight excluding hydrogens is 447 g/mol. The second kappa shape index (κ2) is 10.4. The van der Waals surface area contributed by atoms with Crippen LogP contribution in [0.15, 0.2) is 54.6 Å². The monoisotopic (exact) mass is 477 g/mol. The van der Waals surface area contributed by atoms with Crippen LogP contribution in [0, 0.1) is 0 Å². The molecule has 0 radical (unpaired) electrons. The smallest absolute Gasteiger partial charge is 0.422 e. The molecule has 34 heavy (non-hydrogen) atoms. The molecule has 2 saturated heterocycles. The fraction of sp³-hybridized carbons (Fsp3) is 0.500. The standard InChI is InChI=1S/C26H30F3NO4/c1-2-32-22-16-23(19-6-4-3-5-7-19)34-25(17-22)12-14-30(15-13-25)24(31)20-8-10-21(11-9-20)33-18-26(27,28)29/h3-11,22-23H,2,12-18H2,1H3/t22-,23-/m0/s1. The third-order valence-electron chi connectivity index (χ3n) is 6.51. The molecule has 0 aliphatic carbocycles. The van der Waals surface area contributed by atoms with Gasteiger partial charge in [-0.05, 0) is 49.6 Å². The van der Waals surface area contributed by atoms with Crippen LogP contribution >= 0.6 is 0 Å². The summed E-state index contributed by atoms with van der Waals surface area (Å²) in [4.78, 5) is 14.8. The molecule has 2 aliphatic heterocycles. The number of hydrogen-bond acceptors (Lipinski definition) is 4. The molecule has 0 saturated carbocycles. The maximum absolute atomic E-state index is 13.0. The molecule has 8 heteroatoms. The zero-order valence-electron chi connectivity index (χ0n) is 19.2. The molecule has 1 spiro atoms. The van der Waals surface area contributed by atoms with E-state index in [1.807, 2.05) is 25.1 Å². The number of carbonyl (C=O) groups excluding carboxylic acids is 1. The molecule has 0 aromatic heterocycles. The van der Waals surface area contributed by atoms with Gasteiger partial charge in [-0.25, -0.2) is 0 Å². The van der Waals surface area contributed by atoms with Gasteiger partial charge in [0.05, 0.1) is 17.8 Å². The van der Waals surface area contributed by atoms with Crippen molar-refractivity contribution in [1.82, 2.24) is 4.90 Å². The number of carbonyl (C=O) groups is 1. The lowest BCUT2D eigenvalue weighted by atomic mass is 9.80. The predicted molar refractivity (Wildman–Crippen MR) is 121 cm³/mol. The number of halogens is 3. The summed E-state index contributed by atoms with van der Waals surface area (Å²) in [5.74, 6) is -0.0648. The number of alkyl halides is 3. The van der Waals surface area contributed by atoms with Gasteiger partial charge in [-0.1, -0.05) is 30.3 Å². The van der Waals surface area contributed by atoms with Gasteiger partial charge in [0.2, 0.25) is 0 Å². The molecule has 0 unspecified atom stereocenters. The largest absolute Gasteiger partial charge is 0.484 e. The summed E-state index contributed by atoms with van der Waals surface area (Å²) in [7, 11) is 0. The Bertz CT molecular complexity index is 941. The highest BCUT2D eigenvalue weighted by atomic mass is 19.4. The van der Waals surface area contributed by atoms with Crippen molar-refractivity contribution in [2.24, 2.45) is 0 Å². The molecule has 2 aliphatic rings. The van der Waals surface area contributed by atoms with Crippen LogP contribution in [-0.4, -0.2) is 55.0 Å². The van der Waals surface area contributed by atoms with Gasteiger partial charge in [0.25, 0.3) is 5.91 Å². The third-order valence-corrected chi connectivity index (χ3v) is 6.51. The van der Waals surface area contributed by atoms with Gasteiger partial charge < -0.3 is 19.1 Å². The Morgan fingerprint density at radius 3 is 2.38 bits per heavy atom. The van der Waals surface area contributed by atoms with E-state index in [9.17, 15) is 18.0 Å². The highest BCUT2D eigenvalue weighted by Crippen LogP contribution is 2.44. The Morgan fingerprint density at radius 2 is 1.76 bits per heavy atom. The number of rotatable bonds is 6. The van der Waals surface area contributed by atoms with Gasteiger partial charge in [-0.3, -0.25) is 4.79 Å². The number of amides is 1. The Balaban J connectivity index is 1.38. The Hall–Kier alpha value is -2.58. The van der Waals surface area contributed by atoms with Gasteiger partial charge in [0.1, 0.15) is 5.75 Å². The zero-order chi connectivity index (χ0) is 24.2. The van der Waals surface area contributed by atoms with Crippen molar-refractivity contribution < 1.29 is 32.2 Å². The Labute approximate surface area is 197 Å². The SMILES string of the molecule is CCO[C@H]1C[C@@H](c2ccccc2)OC2(CCN(C(=O)c3ccc(OCC(F)(F)F)cc3)CC2)C1. The molecule has 2 atom stereocenters. The summed E-state index contributed by atoms with van der Waals surface area (Å²) in [5, 5.41) is 0. The average Bonchev–Trinajstić information content (AvgIpc) is 2.83. The van der Waals surface area contributed by atoms with Gasteiger partial charge in [0.15, 0.2) is 6.61 Å². The summed E-state index contributed by atoms with van der Waals surface area (Å²) in [5.41, 5.74) is 1.22. The molecule has 184 valence electrons. The van der Waals surface area contributed by atoms with Crippen LogP contribution in [0.1, 0.15) is 54.6 Å². The number of likely N-dealkylation sites (tertiary alicyclic amines) is 1. The van der Waals surface area contributed by atoms with E-state index in [1.54, 1.807) is 4.90 Å². The van der Waals surface area contributed by atoms with Crippen molar-refractivity contribution in [1.29, 1.82) is 0 Å². The second-order valence-corrected chi connectivity index (χ2v) is 8.94. The van der Waals surface area contributed by atoms with Gasteiger partial charge >= 0.3 is 6.18 Å². The lowest BCUT2D eigenvalue weighted by Crippen LogP contribution is -2.52. The van der Waals surface area contributed by atoms with Crippen LogP contribution in [0.2, 0.25) is 0 Å². The second-order valence-electron chi connectivity index (χ2n) is 8.94. The lowest BCUT2D eigenvalue weighted by Gasteiger charge is -2.48. The summed E-state index contributed by atoms with van der Waals surface area (Å²) < 4.78 is 54.4. The normalized spacial score (nSPS) is 22.5. The molecule has 4 rings (SSSR count). The molecule has 2 aromatic carbocycles. The quantitative estimate of drug-likeness (QED) is 0.547. The topological polar surface area (TPSA) is 48.0 Å². The highest BCUT2D eigenvalue weighted by molar-refractivity contribution is 5.94. The lowest BCUT2D eigenvalue weighted by molar-refractivity contribution is -0.190. The maximum Gasteiger partial charge on any atom is 0.422 e. The first-order chi connectivity index (χ1) is 16.3. The molecule has 2 aromatic rings. The first kappa shape index (κ1) is 24.5. The predicted octanol–water partition coefficient (Wildman–Crippen LogP) is 5.56. The van der Waals surface area contributed by atoms with E-state index in [-0.39, 0.29) is 29.5 Å². The molecule has 0 bridgehead atoms. The maximum atomic E-state index is 13.0. The van der Waals surface area contributed by atoms with E-state index in [0.717, 1.165) is 18.4 Å². The fourth-order valence-corrected chi connectivity index (χ4v) is 4.85. The van der Waals surface area contributed by atoms with E-state index in [4.69, 9.17) is 14.2 Å². The van der Waals surface area contributed by atoms with E-state index >= 15 is 0 Å². The minimum atomic E-state index is -4.40. The van der Waals surface area contributed by atoms with Crippen LogP contribution in [-0.2, 0) is 9.47 Å². The average molecular weight is 478 g/mol. The van der Waals surface area contributed by atoms with Gasteiger partial charge in [-0.15, -0.1) is 0 Å². The van der Waals surface area contributed by atoms with E-state index < -0.39 is 12.8 Å². The number of benzene rings is 2. The summed E-state index contributed by atoms with van der Waals surface area (Å²) in [6.45, 7) is 2.38. The van der Waals surface area contributed by atoms with E-state index in [1.165, 1.54) is 24.3 Å². The van der Waals surface area contributed by atoms with Crippen molar-refractivity contribution in [3.05, 3.63) is 65.7 Å². The van der Waals surface area contributed by atoms with Crippen LogP contribution in [0.3, 0.4) is 0 Å². The Morgan fingerprint density at radius 1 is 1.09 bits per heavy atom. The fourth-order valence-electron chi connectivity index (χ4n) is 4.85. The molecule has 2 heterocycles. The summed E-state index contributed by atoms with van der Waals surface area (Å²) >= 11 is 0. The first-order valence-corrected chi connectivity index (χ1v) is 11.7. The van der Waals surface area contributed by atoms with Crippen LogP contribution < -0.4 is 4.74 Å². The molecule has 5 nitrogen and oxygen atoms in total. The molecule has 2 fully saturated rings. The Kier molecular flexibility index (Phi) is 7.48. The van der Waals surface area contributed by atoms with Crippen LogP contribution in [0.4, 0.5) is 13.2 Å². The van der Waals surface area contributed by atoms with Gasteiger partial charge in [0, 0.05) is 38.1 Å². The third kappa shape index (κ3) is 6.10. The number of ether oxygens (including phenoxy) is 3. The van der Waals surface area contributed by atoms with E-state index in [0.29, 0.717) is 38.1 Å². The van der Waals surface area contributed by atoms with Crippen molar-refractivity contribution in [3.63, 3.8) is 0 Å². The first-order valence-electron chi connectivity index (χ1n) is 11.7. The summed E-state index contributed by atoms with van der Waals surface area (Å²) in [6, 6.07) is 16.0. The molecular formula is C26H30F3NO4. The van der Waals surface area contributed by atoms with Gasteiger partial charge in [-0.2, -0.15) is 13.2 Å². The molecule has 1 amide bonds. The zero-order valence-corrected chi connectivity index (χ0v) is 19.2. The molecule has 0 N–H and O–H groups in total. The van der Waals surface area contributed by atoms with E-state index in [2.05, 4.69) is 12.1 Å². The number of hydrogen-bond donors (Lipinski definition) is 0. The summed E-state index contributed by atoms with van der Waals surface area (Å²) in [6.07, 6.45) is -1.31. The highest BCUT2D eigenvalue weighted by Gasteiger charge is 2.45. The minimum Gasteiger partial charge on any atom is -0.484 e. The minimum absolute atomic E-state index is 0.0435. The van der Waals surface area contributed by atoms with Crippen molar-refractivity contribution in [3.8, 4) is 5.75 Å². The van der Waals surface area contributed by atoms with Crippen molar-refractivity contribution in [2.45, 2.75) is 56.6 Å². The number of piperidine rings is 1. The van der Waals surface area contributed by atoms with Crippen molar-refractivity contribution >= 4 is 5.91 Å². The van der Waals surface area contributed by atoms with Crippen LogP contribution in [0.5, 0.6) is 5.75 Å². The van der Waals surface area contributed by atoms with Crippen LogP contribution in [0.25, 0.3) is 0 Å². The van der Waals surface area contributed by atoms with Crippen molar-refractivity contribution in [2.75, 3.05) is 26.3 Å². The number of nitrogens with zero attached hydrogens (tertiary/aromatic N) is 1.